The van der Waals surface area contributed by atoms with Crippen molar-refractivity contribution in [2.45, 2.75) is 18.6 Å². The molecule has 0 saturated carbocycles. The Bertz CT molecular complexity index is 465. The number of carboxylic acids is 1. The van der Waals surface area contributed by atoms with Crippen LogP contribution in [0.1, 0.15) is 23.7 Å². The van der Waals surface area contributed by atoms with E-state index in [0.717, 1.165) is 0 Å². The van der Waals surface area contributed by atoms with Gasteiger partial charge in [0, 0.05) is 0 Å². The Labute approximate surface area is 97.0 Å². The van der Waals surface area contributed by atoms with Gasteiger partial charge >= 0.3 is 5.97 Å². The fourth-order valence-corrected chi connectivity index (χ4v) is 1.34. The number of aromatic hydroxyl groups is 1. The summed E-state index contributed by atoms with van der Waals surface area (Å²) in [6.45, 7) is 0. The number of carboxylic acid groups (broad SMARTS) is 1. The van der Waals surface area contributed by atoms with Crippen molar-refractivity contribution in [3.63, 3.8) is 0 Å². The van der Waals surface area contributed by atoms with Gasteiger partial charge in [-0.15, -0.1) is 0 Å². The smallest absolute Gasteiger partial charge is 0.306 e. The van der Waals surface area contributed by atoms with Crippen molar-refractivity contribution in [2.75, 3.05) is 0 Å². The number of aliphatic carboxylic acids is 1. The summed E-state index contributed by atoms with van der Waals surface area (Å²) in [6, 6.07) is 5.42. The predicted molar refractivity (Wildman–Crippen MR) is 56.0 cm³/mol. The first-order chi connectivity index (χ1) is 7.95. The van der Waals surface area contributed by atoms with Gasteiger partial charge in [0.05, 0.1) is 18.1 Å². The van der Waals surface area contributed by atoms with Gasteiger partial charge in [0.25, 0.3) is 0 Å². The molecule has 0 aromatic heterocycles. The quantitative estimate of drug-likeness (QED) is 0.590. The van der Waals surface area contributed by atoms with Crippen LogP contribution in [0.2, 0.25) is 0 Å². The average molecular weight is 237 g/mol. The van der Waals surface area contributed by atoms with Crippen LogP contribution >= 0.6 is 0 Å². The van der Waals surface area contributed by atoms with Gasteiger partial charge in [-0.2, -0.15) is 5.26 Å². The summed E-state index contributed by atoms with van der Waals surface area (Å²) in [7, 11) is 0. The second kappa shape index (κ2) is 5.30. The zero-order valence-corrected chi connectivity index (χ0v) is 8.74. The lowest BCUT2D eigenvalue weighted by Crippen LogP contribution is -2.21. The fraction of sp³-hybridized carbons (Fsp3) is 0.273. The maximum Gasteiger partial charge on any atom is 0.306 e. The molecular formula is C11H11NO5. The molecule has 6 heteroatoms. The first-order valence-electron chi connectivity index (χ1n) is 4.76. The van der Waals surface area contributed by atoms with Gasteiger partial charge in [-0.25, -0.2) is 0 Å². The number of nitriles is 1. The highest BCUT2D eigenvalue weighted by molar-refractivity contribution is 5.67. The molecular weight excluding hydrogens is 226 g/mol. The van der Waals surface area contributed by atoms with Gasteiger partial charge < -0.3 is 20.4 Å². The summed E-state index contributed by atoms with van der Waals surface area (Å²) in [6.07, 6.45) is -3.49. The summed E-state index contributed by atoms with van der Waals surface area (Å²) in [5, 5.41) is 45.4. The van der Waals surface area contributed by atoms with Gasteiger partial charge in [-0.1, -0.05) is 6.07 Å². The van der Waals surface area contributed by atoms with Crippen LogP contribution in [0.5, 0.6) is 5.75 Å². The summed E-state index contributed by atoms with van der Waals surface area (Å²) >= 11 is 0. The summed E-state index contributed by atoms with van der Waals surface area (Å²) in [5.74, 6) is -1.48. The van der Waals surface area contributed by atoms with E-state index < -0.39 is 24.6 Å². The van der Waals surface area contributed by atoms with Crippen molar-refractivity contribution >= 4 is 5.97 Å². The molecule has 1 aromatic rings. The van der Waals surface area contributed by atoms with E-state index in [1.54, 1.807) is 6.07 Å². The molecule has 0 heterocycles. The van der Waals surface area contributed by atoms with E-state index in [2.05, 4.69) is 0 Å². The zero-order valence-electron chi connectivity index (χ0n) is 8.74. The molecule has 90 valence electrons. The molecule has 0 fully saturated rings. The Balaban J connectivity index is 2.93. The lowest BCUT2D eigenvalue weighted by molar-refractivity contribution is -0.141. The maximum absolute atomic E-state index is 10.4. The van der Waals surface area contributed by atoms with E-state index >= 15 is 0 Å². The minimum Gasteiger partial charge on any atom is -0.507 e. The summed E-state index contributed by atoms with van der Waals surface area (Å²) in [5.41, 5.74) is 0.122. The van der Waals surface area contributed by atoms with Crippen molar-refractivity contribution in [1.82, 2.24) is 0 Å². The molecule has 1 aromatic carbocycles. The lowest BCUT2D eigenvalue weighted by Gasteiger charge is -2.16. The van der Waals surface area contributed by atoms with Crippen molar-refractivity contribution in [3.05, 3.63) is 29.3 Å². The highest BCUT2D eigenvalue weighted by Crippen LogP contribution is 2.24. The Morgan fingerprint density at radius 2 is 2.06 bits per heavy atom. The van der Waals surface area contributed by atoms with Gasteiger partial charge in [-0.3, -0.25) is 4.79 Å². The van der Waals surface area contributed by atoms with E-state index in [4.69, 9.17) is 10.4 Å². The van der Waals surface area contributed by atoms with E-state index in [-0.39, 0.29) is 16.9 Å². The SMILES string of the molecule is N#Cc1cc(C(O)C(O)CC(=O)O)ccc1O. The standard InChI is InChI=1S/C11H11NO5/c12-5-7-3-6(1-2-8(7)13)11(17)9(14)4-10(15)16/h1-3,9,11,13-14,17H,4H2,(H,15,16). The number of carbonyl (C=O) groups is 1. The molecule has 0 radical (unpaired) electrons. The molecule has 0 amide bonds. The normalized spacial score (nSPS) is 13.7. The number of aliphatic hydroxyl groups excluding tert-OH is 2. The van der Waals surface area contributed by atoms with Crippen molar-refractivity contribution in [3.8, 4) is 11.8 Å². The molecule has 0 saturated heterocycles. The molecule has 2 atom stereocenters. The molecule has 0 spiro atoms. The highest BCUT2D eigenvalue weighted by atomic mass is 16.4. The number of rotatable bonds is 4. The Hall–Kier alpha value is -2.10. The largest absolute Gasteiger partial charge is 0.507 e. The first-order valence-corrected chi connectivity index (χ1v) is 4.76. The number of aliphatic hydroxyl groups is 2. The molecule has 4 N–H and O–H groups in total. The van der Waals surface area contributed by atoms with Crippen LogP contribution in [0.4, 0.5) is 0 Å². The van der Waals surface area contributed by atoms with E-state index in [0.29, 0.717) is 0 Å². The highest BCUT2D eigenvalue weighted by Gasteiger charge is 2.21. The van der Waals surface area contributed by atoms with Crippen molar-refractivity contribution in [2.24, 2.45) is 0 Å². The van der Waals surface area contributed by atoms with Crippen molar-refractivity contribution in [1.29, 1.82) is 5.26 Å². The fourth-order valence-electron chi connectivity index (χ4n) is 1.34. The number of phenols is 1. The number of hydrogen-bond acceptors (Lipinski definition) is 5. The first kappa shape index (κ1) is 13.0. The third-order valence-corrected chi connectivity index (χ3v) is 2.23. The molecule has 1 rings (SSSR count). The second-order valence-electron chi connectivity index (χ2n) is 3.50. The van der Waals surface area contributed by atoms with Crippen LogP contribution in [0.15, 0.2) is 18.2 Å². The monoisotopic (exact) mass is 237 g/mol. The Kier molecular flexibility index (Phi) is 4.04. The van der Waals surface area contributed by atoms with Crippen LogP contribution in [0.3, 0.4) is 0 Å². The van der Waals surface area contributed by atoms with Gasteiger partial charge in [-0.05, 0) is 17.7 Å². The van der Waals surface area contributed by atoms with Gasteiger partial charge in [0.1, 0.15) is 17.9 Å². The Morgan fingerprint density at radius 1 is 1.41 bits per heavy atom. The molecule has 2 unspecified atom stereocenters. The average Bonchev–Trinajstić information content (AvgIpc) is 2.27. The molecule has 0 aliphatic heterocycles. The van der Waals surface area contributed by atoms with Gasteiger partial charge in [0.2, 0.25) is 0 Å². The van der Waals surface area contributed by atoms with Gasteiger partial charge in [0.15, 0.2) is 0 Å². The van der Waals surface area contributed by atoms with Crippen LogP contribution in [0, 0.1) is 11.3 Å². The van der Waals surface area contributed by atoms with Crippen molar-refractivity contribution < 1.29 is 25.2 Å². The summed E-state index contributed by atoms with van der Waals surface area (Å²) in [4.78, 5) is 10.4. The molecule has 6 nitrogen and oxygen atoms in total. The number of hydrogen-bond donors (Lipinski definition) is 4. The van der Waals surface area contributed by atoms with Crippen LogP contribution in [0.25, 0.3) is 0 Å². The Morgan fingerprint density at radius 3 is 2.59 bits per heavy atom. The zero-order chi connectivity index (χ0) is 13.0. The van der Waals surface area contributed by atoms with E-state index in [1.165, 1.54) is 18.2 Å². The molecule has 0 aliphatic rings. The maximum atomic E-state index is 10.4. The third-order valence-electron chi connectivity index (χ3n) is 2.23. The lowest BCUT2D eigenvalue weighted by atomic mass is 10.00. The number of nitrogens with zero attached hydrogens (tertiary/aromatic N) is 1. The third kappa shape index (κ3) is 3.17. The predicted octanol–water partition coefficient (Wildman–Crippen LogP) is 0.133. The van der Waals surface area contributed by atoms with Crippen LogP contribution in [-0.4, -0.2) is 32.5 Å². The van der Waals surface area contributed by atoms with E-state index in [1.807, 2.05) is 0 Å². The topological polar surface area (TPSA) is 122 Å². The van der Waals surface area contributed by atoms with Crippen LogP contribution < -0.4 is 0 Å². The minimum atomic E-state index is -1.47. The number of benzene rings is 1. The molecule has 17 heavy (non-hydrogen) atoms. The van der Waals surface area contributed by atoms with E-state index in [9.17, 15) is 20.1 Å². The minimum absolute atomic E-state index is 0.0518. The molecule has 0 bridgehead atoms. The number of phenolic OH excluding ortho intramolecular Hbond substituents is 1. The molecule has 0 aliphatic carbocycles. The van der Waals surface area contributed by atoms with Crippen LogP contribution in [-0.2, 0) is 4.79 Å². The second-order valence-corrected chi connectivity index (χ2v) is 3.50. The summed E-state index contributed by atoms with van der Waals surface area (Å²) < 4.78 is 0.